The van der Waals surface area contributed by atoms with Crippen molar-refractivity contribution in [2.45, 2.75) is 18.2 Å². The second kappa shape index (κ2) is 8.74. The van der Waals surface area contributed by atoms with E-state index >= 15 is 0 Å². The molecule has 0 aromatic heterocycles. The van der Waals surface area contributed by atoms with E-state index in [0.29, 0.717) is 49.4 Å². The number of nitrogens with one attached hydrogen (secondary N) is 1. The third-order valence-electron chi connectivity index (χ3n) is 5.05. The molecule has 2 aromatic rings. The Balaban J connectivity index is 1.81. The molecule has 1 aliphatic rings. The molecule has 0 unspecified atom stereocenters. The Kier molecular flexibility index (Phi) is 6.33. The number of anilines is 1. The summed E-state index contributed by atoms with van der Waals surface area (Å²) in [5.41, 5.74) is 2.47. The lowest BCUT2D eigenvalue weighted by Gasteiger charge is -2.31. The quantitative estimate of drug-likeness (QED) is 0.813. The van der Waals surface area contributed by atoms with Crippen molar-refractivity contribution in [3.8, 4) is 6.07 Å². The first-order valence-corrected chi connectivity index (χ1v) is 10.8. The number of hydrogen-bond acceptors (Lipinski definition) is 5. The highest BCUT2D eigenvalue weighted by Gasteiger charge is 2.28. The second-order valence-electron chi connectivity index (χ2n) is 7.17. The van der Waals surface area contributed by atoms with Gasteiger partial charge in [0, 0.05) is 37.4 Å². The number of nitrogens with zero attached hydrogens (tertiary/aromatic N) is 3. The summed E-state index contributed by atoms with van der Waals surface area (Å²) in [6.07, 6.45) is 0.305. The van der Waals surface area contributed by atoms with Crippen LogP contribution < -0.4 is 5.32 Å². The van der Waals surface area contributed by atoms with Crippen molar-refractivity contribution < 1.29 is 13.2 Å². The minimum Gasteiger partial charge on any atom is -0.322 e. The number of carbonyl (C=O) groups excluding carboxylic acids is 1. The van der Waals surface area contributed by atoms with E-state index in [1.54, 1.807) is 43.3 Å². The summed E-state index contributed by atoms with van der Waals surface area (Å²) in [6.45, 7) is 4.00. The van der Waals surface area contributed by atoms with E-state index in [2.05, 4.69) is 16.3 Å². The van der Waals surface area contributed by atoms with Crippen LogP contribution in [0.25, 0.3) is 0 Å². The third-order valence-corrected chi connectivity index (χ3v) is 6.94. The van der Waals surface area contributed by atoms with Crippen LogP contribution in [0, 0.1) is 18.3 Å². The van der Waals surface area contributed by atoms with Crippen molar-refractivity contribution in [2.24, 2.45) is 0 Å². The van der Waals surface area contributed by atoms with Gasteiger partial charge < -0.3 is 10.2 Å². The Labute approximate surface area is 171 Å². The van der Waals surface area contributed by atoms with E-state index in [-0.39, 0.29) is 10.8 Å². The zero-order valence-corrected chi connectivity index (χ0v) is 17.4. The van der Waals surface area contributed by atoms with Gasteiger partial charge in [-0.25, -0.2) is 8.42 Å². The largest absolute Gasteiger partial charge is 0.322 e. The minimum absolute atomic E-state index is 0.127. The first kappa shape index (κ1) is 21.0. The number of aryl methyl sites for hydroxylation is 1. The highest BCUT2D eigenvalue weighted by atomic mass is 32.2. The monoisotopic (exact) mass is 412 g/mol. The summed E-state index contributed by atoms with van der Waals surface area (Å²) in [5.74, 6) is -0.369. The van der Waals surface area contributed by atoms with Gasteiger partial charge in [0.15, 0.2) is 0 Å². The molecule has 3 rings (SSSR count). The molecule has 0 saturated carbocycles. The smallest absolute Gasteiger partial charge is 0.255 e. The fourth-order valence-electron chi connectivity index (χ4n) is 3.18. The Bertz CT molecular complexity index is 1030. The van der Waals surface area contributed by atoms with E-state index in [4.69, 9.17) is 5.26 Å². The molecule has 2 aromatic carbocycles. The maximum Gasteiger partial charge on any atom is 0.255 e. The lowest BCUT2D eigenvalue weighted by Crippen LogP contribution is -2.47. The molecule has 29 heavy (non-hydrogen) atoms. The van der Waals surface area contributed by atoms with Gasteiger partial charge in [0.05, 0.1) is 17.4 Å². The SMILES string of the molecule is Cc1ccc(S(=O)(=O)N2CCN(C)CC2)cc1C(=O)Nc1ccc(CC#N)cc1. The fourth-order valence-corrected chi connectivity index (χ4v) is 4.63. The van der Waals surface area contributed by atoms with Crippen molar-refractivity contribution in [1.29, 1.82) is 5.26 Å². The molecule has 152 valence electrons. The molecule has 1 saturated heterocycles. The molecule has 1 heterocycles. The van der Waals surface area contributed by atoms with Crippen molar-refractivity contribution in [3.63, 3.8) is 0 Å². The standard InChI is InChI=1S/C21H24N4O3S/c1-16-3-8-19(29(27,28)25-13-11-24(2)12-14-25)15-20(16)21(26)23-18-6-4-17(5-7-18)9-10-22/h3-8,15H,9,11-14H2,1-2H3,(H,23,26). The van der Waals surface area contributed by atoms with Gasteiger partial charge in [-0.1, -0.05) is 18.2 Å². The Morgan fingerprint density at radius 1 is 1.10 bits per heavy atom. The summed E-state index contributed by atoms with van der Waals surface area (Å²) in [6, 6.07) is 13.7. The van der Waals surface area contributed by atoms with Crippen molar-refractivity contribution >= 4 is 21.6 Å². The Morgan fingerprint density at radius 3 is 2.38 bits per heavy atom. The number of piperazine rings is 1. The molecule has 0 aliphatic carbocycles. The van der Waals surface area contributed by atoms with Crippen LogP contribution in [0.5, 0.6) is 0 Å². The number of rotatable bonds is 5. The topological polar surface area (TPSA) is 93.5 Å². The molecule has 1 aliphatic heterocycles. The normalized spacial score (nSPS) is 15.6. The van der Waals surface area contributed by atoms with Crippen LogP contribution >= 0.6 is 0 Å². The lowest BCUT2D eigenvalue weighted by molar-refractivity contribution is 0.102. The number of nitriles is 1. The average Bonchev–Trinajstić information content (AvgIpc) is 2.70. The van der Waals surface area contributed by atoms with Gasteiger partial charge in [-0.05, 0) is 49.4 Å². The third kappa shape index (κ3) is 4.82. The van der Waals surface area contributed by atoms with Crippen LogP contribution in [-0.4, -0.2) is 56.8 Å². The molecule has 0 radical (unpaired) electrons. The van der Waals surface area contributed by atoms with E-state index < -0.39 is 10.0 Å². The van der Waals surface area contributed by atoms with Crippen LogP contribution in [0.2, 0.25) is 0 Å². The predicted molar refractivity (Wildman–Crippen MR) is 111 cm³/mol. The summed E-state index contributed by atoms with van der Waals surface area (Å²) in [7, 11) is -1.68. The van der Waals surface area contributed by atoms with Gasteiger partial charge >= 0.3 is 0 Å². The Hall–Kier alpha value is -2.73. The zero-order chi connectivity index (χ0) is 21.0. The van der Waals surface area contributed by atoms with Crippen LogP contribution in [0.15, 0.2) is 47.4 Å². The molecular weight excluding hydrogens is 388 g/mol. The maximum atomic E-state index is 13.0. The maximum absolute atomic E-state index is 13.0. The summed E-state index contributed by atoms with van der Waals surface area (Å²) < 4.78 is 27.4. The summed E-state index contributed by atoms with van der Waals surface area (Å²) >= 11 is 0. The van der Waals surface area contributed by atoms with Crippen molar-refractivity contribution in [2.75, 3.05) is 38.5 Å². The Morgan fingerprint density at radius 2 is 1.76 bits per heavy atom. The molecule has 1 N–H and O–H groups in total. The minimum atomic E-state index is -3.65. The number of benzene rings is 2. The second-order valence-corrected chi connectivity index (χ2v) is 9.11. The van der Waals surface area contributed by atoms with Crippen LogP contribution in [0.4, 0.5) is 5.69 Å². The van der Waals surface area contributed by atoms with E-state index in [1.165, 1.54) is 10.4 Å². The average molecular weight is 413 g/mol. The number of amides is 1. The van der Waals surface area contributed by atoms with Gasteiger partial charge in [-0.2, -0.15) is 9.57 Å². The van der Waals surface area contributed by atoms with Crippen molar-refractivity contribution in [3.05, 3.63) is 59.2 Å². The van der Waals surface area contributed by atoms with Crippen LogP contribution in [0.1, 0.15) is 21.5 Å². The fraction of sp³-hybridized carbons (Fsp3) is 0.333. The van der Waals surface area contributed by atoms with Gasteiger partial charge in [-0.3, -0.25) is 4.79 Å². The molecule has 1 amide bonds. The molecule has 0 bridgehead atoms. The number of carbonyl (C=O) groups is 1. The van der Waals surface area contributed by atoms with Gasteiger partial charge in [0.1, 0.15) is 0 Å². The highest BCUT2D eigenvalue weighted by molar-refractivity contribution is 7.89. The van der Waals surface area contributed by atoms with Crippen LogP contribution in [-0.2, 0) is 16.4 Å². The predicted octanol–water partition coefficient (Wildman–Crippen LogP) is 2.25. The summed E-state index contributed by atoms with van der Waals surface area (Å²) in [5, 5.41) is 11.5. The highest BCUT2D eigenvalue weighted by Crippen LogP contribution is 2.22. The lowest BCUT2D eigenvalue weighted by atomic mass is 10.1. The summed E-state index contributed by atoms with van der Waals surface area (Å²) in [4.78, 5) is 15.0. The van der Waals surface area contributed by atoms with Crippen LogP contribution in [0.3, 0.4) is 0 Å². The van der Waals surface area contributed by atoms with E-state index in [9.17, 15) is 13.2 Å². The van der Waals surface area contributed by atoms with Gasteiger partial charge in [0.25, 0.3) is 5.91 Å². The van der Waals surface area contributed by atoms with Crippen molar-refractivity contribution in [1.82, 2.24) is 9.21 Å². The molecule has 7 nitrogen and oxygen atoms in total. The van der Waals surface area contributed by atoms with E-state index in [1.807, 2.05) is 7.05 Å². The molecule has 8 heteroatoms. The van der Waals surface area contributed by atoms with Gasteiger partial charge in [-0.15, -0.1) is 0 Å². The van der Waals surface area contributed by atoms with E-state index in [0.717, 1.165) is 5.56 Å². The number of sulfonamides is 1. The van der Waals surface area contributed by atoms with Gasteiger partial charge in [0.2, 0.25) is 10.0 Å². The zero-order valence-electron chi connectivity index (χ0n) is 16.6. The first-order chi connectivity index (χ1) is 13.8. The number of hydrogen-bond donors (Lipinski definition) is 1. The molecular formula is C21H24N4O3S. The molecule has 0 spiro atoms. The first-order valence-electron chi connectivity index (χ1n) is 9.38. The number of likely N-dealkylation sites (N-methyl/N-ethyl adjacent to an activating group) is 1. The molecule has 1 fully saturated rings. The molecule has 0 atom stereocenters.